The number of likely N-dealkylation sites (tertiary alicyclic amines) is 1. The lowest BCUT2D eigenvalue weighted by molar-refractivity contribution is 0.0880. The summed E-state index contributed by atoms with van der Waals surface area (Å²) in [7, 11) is -7.35. The largest absolute Gasteiger partial charge is 0.489 e. The number of amides is 1. The molecule has 9 nitrogen and oxygen atoms in total. The van der Waals surface area contributed by atoms with Crippen LogP contribution in [0.25, 0.3) is 0 Å². The number of hydrogen-bond acceptors (Lipinski definition) is 6. The second-order valence-corrected chi connectivity index (χ2v) is 13.5. The van der Waals surface area contributed by atoms with Crippen molar-refractivity contribution in [3.05, 3.63) is 48.0 Å². The molecule has 0 aromatic heterocycles. The number of ether oxygens (including phenoxy) is 1. The molecule has 1 aliphatic rings. The van der Waals surface area contributed by atoms with Gasteiger partial charge in [-0.1, -0.05) is 32.9 Å². The van der Waals surface area contributed by atoms with E-state index in [1.54, 1.807) is 12.1 Å². The Balaban J connectivity index is 1.96. The van der Waals surface area contributed by atoms with Gasteiger partial charge in [0.05, 0.1) is 25.2 Å². The van der Waals surface area contributed by atoms with Crippen LogP contribution in [0, 0.1) is 10.7 Å². The molecule has 1 unspecified atom stereocenters. The second kappa shape index (κ2) is 11.1. The van der Waals surface area contributed by atoms with Gasteiger partial charge in [0, 0.05) is 38.7 Å². The molecular weight excluding hydrogens is 502 g/mol. The predicted octanol–water partition coefficient (Wildman–Crippen LogP) is 4.66. The van der Waals surface area contributed by atoms with Crippen LogP contribution in [0.4, 0.5) is 10.5 Å². The zero-order valence-electron chi connectivity index (χ0n) is 21.1. The lowest BCUT2D eigenvalue weighted by Crippen LogP contribution is -2.41. The molecule has 1 atom stereocenters. The number of piperidine rings is 1. The Bertz CT molecular complexity index is 1280. The molecule has 11 heteroatoms. The average Bonchev–Trinajstić information content (AvgIpc) is 2.82. The van der Waals surface area contributed by atoms with Gasteiger partial charge in [-0.2, -0.15) is 0 Å². The number of anilines is 1. The van der Waals surface area contributed by atoms with Crippen LogP contribution in [0.2, 0.25) is 0 Å². The molecule has 3 rings (SSSR count). The van der Waals surface area contributed by atoms with Crippen LogP contribution in [-0.4, -0.2) is 60.7 Å². The molecule has 0 spiro atoms. The Labute approximate surface area is 214 Å². The topological polar surface area (TPSA) is 128 Å². The quantitative estimate of drug-likeness (QED) is 0.479. The van der Waals surface area contributed by atoms with E-state index in [1.165, 1.54) is 33.7 Å². The molecule has 2 aromatic carbocycles. The van der Waals surface area contributed by atoms with Gasteiger partial charge in [0.2, 0.25) is 0 Å². The minimum Gasteiger partial charge on any atom is -0.489 e. The van der Waals surface area contributed by atoms with Crippen LogP contribution in [0.15, 0.2) is 52.3 Å². The van der Waals surface area contributed by atoms with Crippen molar-refractivity contribution in [3.8, 4) is 5.75 Å². The van der Waals surface area contributed by atoms with E-state index in [1.807, 2.05) is 32.9 Å². The Morgan fingerprint density at radius 2 is 1.75 bits per heavy atom. The summed E-state index contributed by atoms with van der Waals surface area (Å²) in [6.45, 7) is 6.77. The summed E-state index contributed by atoms with van der Waals surface area (Å²) < 4.78 is 56.0. The number of nitrogens with zero attached hydrogens (tertiary/aromatic N) is 2. The highest BCUT2D eigenvalue weighted by Crippen LogP contribution is 2.33. The van der Waals surface area contributed by atoms with Crippen LogP contribution < -0.4 is 9.04 Å². The van der Waals surface area contributed by atoms with E-state index in [4.69, 9.17) is 14.6 Å². The average molecular weight is 538 g/mol. The molecular formula is C25H35N3O6S2. The number of benzene rings is 2. The Hall–Kier alpha value is -2.79. The van der Waals surface area contributed by atoms with Crippen LogP contribution in [0.1, 0.15) is 39.2 Å². The van der Waals surface area contributed by atoms with E-state index in [9.17, 15) is 17.4 Å². The molecule has 0 radical (unpaired) electrons. The highest BCUT2D eigenvalue weighted by molar-refractivity contribution is 7.93. The molecule has 1 saturated heterocycles. The summed E-state index contributed by atoms with van der Waals surface area (Å²) in [4.78, 5) is 12.4. The lowest BCUT2D eigenvalue weighted by atomic mass is 10.1. The van der Waals surface area contributed by atoms with Gasteiger partial charge in [-0.25, -0.2) is 22.2 Å². The van der Waals surface area contributed by atoms with Crippen molar-refractivity contribution >= 4 is 31.5 Å². The summed E-state index contributed by atoms with van der Waals surface area (Å²) in [5.74, 6) is 0.240. The summed E-state index contributed by atoms with van der Waals surface area (Å²) in [5, 5.41) is 9.14. The van der Waals surface area contributed by atoms with Gasteiger partial charge >= 0.3 is 6.09 Å². The van der Waals surface area contributed by atoms with E-state index in [-0.39, 0.29) is 34.1 Å². The molecule has 1 amide bonds. The molecule has 1 heterocycles. The van der Waals surface area contributed by atoms with Crippen LogP contribution >= 0.6 is 0 Å². The second-order valence-electron chi connectivity index (χ2n) is 9.49. The fourth-order valence-electron chi connectivity index (χ4n) is 4.09. The SMILES string of the molecule is CCc1ccc(N(CC(C)C)S(=O)(=O)c2ccc(OC3CCN(C(=O)O)CC3)c(S(C)(=N)=O)c2)cc1. The third-order valence-corrected chi connectivity index (χ3v) is 9.04. The zero-order valence-corrected chi connectivity index (χ0v) is 22.8. The lowest BCUT2D eigenvalue weighted by Gasteiger charge is -2.31. The van der Waals surface area contributed by atoms with Crippen LogP contribution in [-0.2, 0) is 26.2 Å². The summed E-state index contributed by atoms with van der Waals surface area (Å²) in [6, 6.07) is 11.5. The highest BCUT2D eigenvalue weighted by Gasteiger charge is 2.29. The molecule has 0 aliphatic carbocycles. The van der Waals surface area contributed by atoms with Crippen molar-refractivity contribution in [1.82, 2.24) is 4.90 Å². The first-order valence-corrected chi connectivity index (χ1v) is 15.4. The van der Waals surface area contributed by atoms with Gasteiger partial charge in [-0.15, -0.1) is 0 Å². The summed E-state index contributed by atoms with van der Waals surface area (Å²) in [6.07, 6.45) is 1.66. The first-order valence-electron chi connectivity index (χ1n) is 12.0. The Morgan fingerprint density at radius 3 is 2.25 bits per heavy atom. The van der Waals surface area contributed by atoms with Gasteiger partial charge in [0.25, 0.3) is 10.0 Å². The van der Waals surface area contributed by atoms with Gasteiger partial charge in [0.1, 0.15) is 11.9 Å². The molecule has 198 valence electrons. The van der Waals surface area contributed by atoms with Crippen molar-refractivity contribution in [2.24, 2.45) is 5.92 Å². The fraction of sp³-hybridized carbons (Fsp3) is 0.480. The normalized spacial score (nSPS) is 16.5. The molecule has 0 saturated carbocycles. The van der Waals surface area contributed by atoms with E-state index in [0.717, 1.165) is 12.0 Å². The fourth-order valence-corrected chi connectivity index (χ4v) is 6.68. The third-order valence-electron chi connectivity index (χ3n) is 6.09. The van der Waals surface area contributed by atoms with Gasteiger partial charge in [0.15, 0.2) is 0 Å². The number of aryl methyl sites for hydroxylation is 1. The van der Waals surface area contributed by atoms with Crippen molar-refractivity contribution < 1.29 is 27.3 Å². The summed E-state index contributed by atoms with van der Waals surface area (Å²) >= 11 is 0. The Kier molecular flexibility index (Phi) is 8.55. The molecule has 2 N–H and O–H groups in total. The van der Waals surface area contributed by atoms with Crippen LogP contribution in [0.5, 0.6) is 5.75 Å². The van der Waals surface area contributed by atoms with Crippen LogP contribution in [0.3, 0.4) is 0 Å². The van der Waals surface area contributed by atoms with Gasteiger partial charge < -0.3 is 14.7 Å². The maximum Gasteiger partial charge on any atom is 0.407 e. The van der Waals surface area contributed by atoms with Crippen molar-refractivity contribution in [3.63, 3.8) is 0 Å². The van der Waals surface area contributed by atoms with E-state index in [0.29, 0.717) is 31.6 Å². The number of nitrogens with one attached hydrogen (secondary N) is 1. The molecule has 1 aliphatic heterocycles. The minimum absolute atomic E-state index is 0.00932. The number of sulfonamides is 1. The van der Waals surface area contributed by atoms with Gasteiger partial charge in [-0.05, 0) is 48.2 Å². The molecule has 0 bridgehead atoms. The number of rotatable bonds is 9. The molecule has 36 heavy (non-hydrogen) atoms. The first kappa shape index (κ1) is 27.8. The Morgan fingerprint density at radius 1 is 1.14 bits per heavy atom. The maximum atomic E-state index is 13.8. The van der Waals surface area contributed by atoms with Crippen molar-refractivity contribution in [1.29, 1.82) is 4.78 Å². The van der Waals surface area contributed by atoms with Crippen molar-refractivity contribution in [2.75, 3.05) is 30.2 Å². The van der Waals surface area contributed by atoms with E-state index >= 15 is 0 Å². The predicted molar refractivity (Wildman–Crippen MR) is 140 cm³/mol. The van der Waals surface area contributed by atoms with E-state index in [2.05, 4.69) is 0 Å². The smallest absolute Gasteiger partial charge is 0.407 e. The monoisotopic (exact) mass is 537 g/mol. The van der Waals surface area contributed by atoms with Crippen molar-refractivity contribution in [2.45, 2.75) is 55.9 Å². The minimum atomic E-state index is -4.02. The van der Waals surface area contributed by atoms with Gasteiger partial charge in [-0.3, -0.25) is 4.31 Å². The number of hydrogen-bond donors (Lipinski definition) is 2. The molecule has 1 fully saturated rings. The zero-order chi connectivity index (χ0) is 26.7. The number of carbonyl (C=O) groups is 1. The summed E-state index contributed by atoms with van der Waals surface area (Å²) in [5.41, 5.74) is 1.63. The maximum absolute atomic E-state index is 13.8. The van der Waals surface area contributed by atoms with E-state index < -0.39 is 25.8 Å². The molecule has 2 aromatic rings. The third kappa shape index (κ3) is 6.50. The highest BCUT2D eigenvalue weighted by atomic mass is 32.2. The first-order chi connectivity index (χ1) is 16.8. The number of carboxylic acid groups (broad SMARTS) is 1. The standard InChI is InChI=1S/C25H35N3O6S2/c1-5-19-6-8-20(9-7-19)28(17-18(2)3)36(32,33)22-10-11-23(24(16-22)35(4,26)31)34-21-12-14-27(15-13-21)25(29)30/h6-11,16,18,21,26H,5,12-15,17H2,1-4H3,(H,29,30).